The molecule has 1 heterocycles. The molecule has 0 radical (unpaired) electrons. The molecule has 0 saturated carbocycles. The van der Waals surface area contributed by atoms with Gasteiger partial charge in [0.15, 0.2) is 0 Å². The maximum Gasteiger partial charge on any atom is 0.404 e. The highest BCUT2D eigenvalue weighted by Crippen LogP contribution is 2.32. The fourth-order valence-electron chi connectivity index (χ4n) is 2.61. The molecule has 1 aliphatic heterocycles. The minimum Gasteiger partial charge on any atom is -0.292 e. The summed E-state index contributed by atoms with van der Waals surface area (Å²) in [5, 5.41) is 0. The Morgan fingerprint density at radius 2 is 1.48 bits per heavy atom. The molecule has 1 rings (SSSR count). The lowest BCUT2D eigenvalue weighted by atomic mass is 9.93. The summed E-state index contributed by atoms with van der Waals surface area (Å²) in [4.78, 5) is 1.58. The van der Waals surface area contributed by atoms with Crippen LogP contribution in [0.3, 0.4) is 0 Å². The molecule has 4 heteroatoms. The van der Waals surface area contributed by atoms with E-state index in [1.807, 2.05) is 27.7 Å². The molecule has 1 saturated heterocycles. The number of hydrogen-bond acceptors (Lipinski definition) is 1. The third-order valence-electron chi connectivity index (χ3n) is 3.47. The van der Waals surface area contributed by atoms with Gasteiger partial charge in [-0.05, 0) is 31.8 Å². The molecular weight excluding hydrogens is 275 g/mol. The highest BCUT2D eigenvalue weighted by atomic mass is 19.4. The van der Waals surface area contributed by atoms with E-state index in [1.54, 1.807) is 18.7 Å². The number of alkyl halides is 3. The Bertz CT molecular complexity index is 328. The van der Waals surface area contributed by atoms with Crippen LogP contribution in [-0.4, -0.2) is 30.2 Å². The van der Waals surface area contributed by atoms with Gasteiger partial charge in [0, 0.05) is 11.8 Å². The van der Waals surface area contributed by atoms with Gasteiger partial charge in [0.1, 0.15) is 6.04 Å². The van der Waals surface area contributed by atoms with Gasteiger partial charge in [-0.3, -0.25) is 4.90 Å². The monoisotopic (exact) mass is 305 g/mol. The lowest BCUT2D eigenvalue weighted by Gasteiger charge is -2.39. The quantitative estimate of drug-likeness (QED) is 0.651. The fraction of sp³-hybridized carbons (Fsp3) is 0.882. The summed E-state index contributed by atoms with van der Waals surface area (Å²) in [6, 6.07) is -1.31. The minimum atomic E-state index is -4.13. The van der Waals surface area contributed by atoms with Crippen LogP contribution in [-0.2, 0) is 0 Å². The van der Waals surface area contributed by atoms with Crippen molar-refractivity contribution in [2.45, 2.75) is 66.6 Å². The summed E-state index contributed by atoms with van der Waals surface area (Å²) in [7, 11) is 0. The number of hydrogen-bond donors (Lipinski definition) is 0. The summed E-state index contributed by atoms with van der Waals surface area (Å²) in [6.07, 6.45) is -2.64. The molecular formula is C17H30F3N. The summed E-state index contributed by atoms with van der Waals surface area (Å²) in [6.45, 7) is 12.3. The van der Waals surface area contributed by atoms with Gasteiger partial charge in [-0.15, -0.1) is 5.92 Å². The lowest BCUT2D eigenvalue weighted by molar-refractivity contribution is -0.197. The van der Waals surface area contributed by atoms with Crippen molar-refractivity contribution in [2.75, 3.05) is 13.1 Å². The highest BCUT2D eigenvalue weighted by molar-refractivity contribution is 5.07. The van der Waals surface area contributed by atoms with Gasteiger partial charge in [-0.25, -0.2) is 0 Å². The third-order valence-corrected chi connectivity index (χ3v) is 3.47. The van der Waals surface area contributed by atoms with Crippen LogP contribution in [0, 0.1) is 29.6 Å². The van der Waals surface area contributed by atoms with E-state index < -0.39 is 18.1 Å². The molecule has 1 unspecified atom stereocenters. The van der Waals surface area contributed by atoms with E-state index in [9.17, 15) is 13.2 Å². The van der Waals surface area contributed by atoms with E-state index >= 15 is 0 Å². The molecule has 0 spiro atoms. The summed E-state index contributed by atoms with van der Waals surface area (Å²) in [5.74, 6) is 6.50. The Labute approximate surface area is 128 Å². The SMILES string of the molecule is CC.CC(C)C#CC1CCN(C(C(C)C)C(F)(F)F)CC1. The van der Waals surface area contributed by atoms with Crippen molar-refractivity contribution >= 4 is 0 Å². The average molecular weight is 305 g/mol. The van der Waals surface area contributed by atoms with Crippen LogP contribution in [0.15, 0.2) is 0 Å². The van der Waals surface area contributed by atoms with E-state index in [1.165, 1.54) is 0 Å². The molecule has 0 amide bonds. The van der Waals surface area contributed by atoms with Gasteiger partial charge in [0.25, 0.3) is 0 Å². The maximum atomic E-state index is 13.0. The first-order chi connectivity index (χ1) is 9.71. The van der Waals surface area contributed by atoms with Crippen molar-refractivity contribution in [3.63, 3.8) is 0 Å². The molecule has 21 heavy (non-hydrogen) atoms. The molecule has 1 atom stereocenters. The van der Waals surface area contributed by atoms with Crippen molar-refractivity contribution < 1.29 is 13.2 Å². The summed E-state index contributed by atoms with van der Waals surface area (Å²) in [5.41, 5.74) is 0. The van der Waals surface area contributed by atoms with E-state index in [-0.39, 0.29) is 5.92 Å². The molecule has 0 aromatic carbocycles. The molecule has 0 aromatic heterocycles. The van der Waals surface area contributed by atoms with E-state index in [0.29, 0.717) is 19.0 Å². The number of rotatable bonds is 2. The van der Waals surface area contributed by atoms with Crippen molar-refractivity contribution in [1.82, 2.24) is 4.90 Å². The Morgan fingerprint density at radius 3 is 1.81 bits per heavy atom. The van der Waals surface area contributed by atoms with Gasteiger partial charge in [-0.1, -0.05) is 47.5 Å². The topological polar surface area (TPSA) is 3.24 Å². The van der Waals surface area contributed by atoms with E-state index in [4.69, 9.17) is 0 Å². The standard InChI is InChI=1S/C15H24F3N.C2H6/c1-11(2)5-6-13-7-9-19(10-8-13)14(12(3)4)15(16,17)18;1-2/h11-14H,7-10H2,1-4H3;1-2H3. The first kappa shape index (κ1) is 20.3. The van der Waals surface area contributed by atoms with Crippen molar-refractivity contribution in [3.8, 4) is 11.8 Å². The zero-order valence-electron chi connectivity index (χ0n) is 14.2. The first-order valence-electron chi connectivity index (χ1n) is 8.03. The molecule has 1 aliphatic rings. The second-order valence-electron chi connectivity index (χ2n) is 5.98. The molecule has 0 aliphatic carbocycles. The normalized spacial score (nSPS) is 18.8. The number of halogens is 3. The second kappa shape index (κ2) is 9.35. The Morgan fingerprint density at radius 1 is 1.00 bits per heavy atom. The van der Waals surface area contributed by atoms with Crippen LogP contribution < -0.4 is 0 Å². The number of likely N-dealkylation sites (tertiary alicyclic amines) is 1. The van der Waals surface area contributed by atoms with E-state index in [0.717, 1.165) is 12.8 Å². The van der Waals surface area contributed by atoms with Gasteiger partial charge in [0.2, 0.25) is 0 Å². The van der Waals surface area contributed by atoms with Crippen LogP contribution in [0.25, 0.3) is 0 Å². The highest BCUT2D eigenvalue weighted by Gasteiger charge is 2.45. The average Bonchev–Trinajstić information content (AvgIpc) is 2.38. The minimum absolute atomic E-state index is 0.264. The predicted molar refractivity (Wildman–Crippen MR) is 82.9 cm³/mol. The Hall–Kier alpha value is -0.690. The predicted octanol–water partition coefficient (Wildman–Crippen LogP) is 4.97. The van der Waals surface area contributed by atoms with Crippen LogP contribution in [0.5, 0.6) is 0 Å². The number of nitrogens with zero attached hydrogens (tertiary/aromatic N) is 1. The summed E-state index contributed by atoms with van der Waals surface area (Å²) >= 11 is 0. The van der Waals surface area contributed by atoms with Gasteiger partial charge in [0.05, 0.1) is 0 Å². The van der Waals surface area contributed by atoms with Gasteiger partial charge < -0.3 is 0 Å². The second-order valence-corrected chi connectivity index (χ2v) is 5.98. The molecule has 0 bridgehead atoms. The smallest absolute Gasteiger partial charge is 0.292 e. The number of piperidine rings is 1. The Kier molecular flexibility index (Phi) is 9.04. The van der Waals surface area contributed by atoms with Crippen molar-refractivity contribution in [2.24, 2.45) is 17.8 Å². The van der Waals surface area contributed by atoms with Crippen molar-refractivity contribution in [3.05, 3.63) is 0 Å². The summed E-state index contributed by atoms with van der Waals surface area (Å²) < 4.78 is 39.1. The fourth-order valence-corrected chi connectivity index (χ4v) is 2.61. The molecule has 124 valence electrons. The lowest BCUT2D eigenvalue weighted by Crippen LogP contribution is -2.51. The van der Waals surface area contributed by atoms with Crippen LogP contribution in [0.1, 0.15) is 54.4 Å². The van der Waals surface area contributed by atoms with Crippen LogP contribution in [0.2, 0.25) is 0 Å². The molecule has 0 N–H and O–H groups in total. The Balaban J connectivity index is 0.00000191. The van der Waals surface area contributed by atoms with E-state index in [2.05, 4.69) is 11.8 Å². The molecule has 1 nitrogen and oxygen atoms in total. The van der Waals surface area contributed by atoms with Crippen molar-refractivity contribution in [1.29, 1.82) is 0 Å². The zero-order valence-corrected chi connectivity index (χ0v) is 14.2. The first-order valence-corrected chi connectivity index (χ1v) is 8.03. The largest absolute Gasteiger partial charge is 0.404 e. The maximum absolute atomic E-state index is 13.0. The van der Waals surface area contributed by atoms with Gasteiger partial charge >= 0.3 is 6.18 Å². The zero-order chi connectivity index (χ0) is 16.6. The third kappa shape index (κ3) is 7.22. The molecule has 1 fully saturated rings. The van der Waals surface area contributed by atoms with Gasteiger partial charge in [-0.2, -0.15) is 13.2 Å². The molecule has 0 aromatic rings. The van der Waals surface area contributed by atoms with Crippen LogP contribution >= 0.6 is 0 Å². The van der Waals surface area contributed by atoms with Crippen LogP contribution in [0.4, 0.5) is 13.2 Å².